The van der Waals surface area contributed by atoms with Crippen molar-refractivity contribution in [1.29, 1.82) is 0 Å². The molecule has 0 aromatic rings. The number of aliphatic hydroxyl groups is 1. The molecule has 0 aliphatic heterocycles. The van der Waals surface area contributed by atoms with Gasteiger partial charge < -0.3 is 20.3 Å². The lowest BCUT2D eigenvalue weighted by Gasteiger charge is -2.09. The van der Waals surface area contributed by atoms with Crippen molar-refractivity contribution >= 4 is 12.1 Å². The highest BCUT2D eigenvalue weighted by atomic mass is 16.5. The van der Waals surface area contributed by atoms with E-state index in [2.05, 4.69) is 11.3 Å². The van der Waals surface area contributed by atoms with E-state index < -0.39 is 24.7 Å². The van der Waals surface area contributed by atoms with Crippen LogP contribution in [0.15, 0.2) is 12.8 Å². The summed E-state index contributed by atoms with van der Waals surface area (Å²) in [4.78, 5) is 20.8. The molecule has 1 unspecified atom stereocenters. The highest BCUT2D eigenvalue weighted by molar-refractivity contribution is 5.80. The summed E-state index contributed by atoms with van der Waals surface area (Å²) in [6, 6.07) is -1.35. The predicted octanol–water partition coefficient (Wildman–Crippen LogP) is -0.698. The summed E-state index contributed by atoms with van der Waals surface area (Å²) in [6.07, 6.45) is -0.113. The van der Waals surface area contributed by atoms with Crippen LogP contribution in [-0.4, -0.2) is 34.9 Å². The van der Waals surface area contributed by atoms with Crippen molar-refractivity contribution < 1.29 is 24.5 Å². The summed E-state index contributed by atoms with van der Waals surface area (Å²) in [6.45, 7) is 2.39. The second-order valence-corrected chi connectivity index (χ2v) is 1.79. The van der Waals surface area contributed by atoms with Gasteiger partial charge in [0.1, 0.15) is 0 Å². The van der Waals surface area contributed by atoms with E-state index in [0.717, 1.165) is 6.26 Å². The number of carboxylic acids is 1. The molecule has 0 spiro atoms. The molecule has 6 heteroatoms. The molecule has 0 aromatic carbocycles. The standard InChI is InChI=1S/C6H9NO5/c1-2-12-6(11)7-4(3-8)5(9)10/h2,4,8H,1,3H2,(H,7,11)(H,9,10). The Hall–Kier alpha value is -1.56. The molecule has 1 amide bonds. The SMILES string of the molecule is C=COC(=O)NC(CO)C(=O)O. The molecule has 0 aliphatic rings. The number of aliphatic hydroxyl groups excluding tert-OH is 1. The van der Waals surface area contributed by atoms with E-state index in [9.17, 15) is 9.59 Å². The van der Waals surface area contributed by atoms with Gasteiger partial charge in [-0.15, -0.1) is 0 Å². The number of carboxylic acid groups (broad SMARTS) is 1. The lowest BCUT2D eigenvalue weighted by atomic mass is 10.3. The molecular formula is C6H9NO5. The normalized spacial score (nSPS) is 11.4. The van der Waals surface area contributed by atoms with E-state index in [1.807, 2.05) is 5.32 Å². The number of amides is 1. The second kappa shape index (κ2) is 5.14. The molecule has 0 saturated heterocycles. The van der Waals surface area contributed by atoms with Gasteiger partial charge in [-0.25, -0.2) is 9.59 Å². The van der Waals surface area contributed by atoms with Crippen LogP contribution in [0, 0.1) is 0 Å². The van der Waals surface area contributed by atoms with Gasteiger partial charge in [0.2, 0.25) is 0 Å². The number of nitrogens with one attached hydrogen (secondary N) is 1. The van der Waals surface area contributed by atoms with Gasteiger partial charge in [-0.05, 0) is 0 Å². The number of ether oxygens (including phenoxy) is 1. The average Bonchev–Trinajstić information content (AvgIpc) is 2.00. The van der Waals surface area contributed by atoms with E-state index >= 15 is 0 Å². The first-order valence-corrected chi connectivity index (χ1v) is 3.03. The zero-order valence-electron chi connectivity index (χ0n) is 6.19. The Labute approximate surface area is 68.4 Å². The topological polar surface area (TPSA) is 95.9 Å². The number of alkyl carbamates (subject to hydrolysis) is 1. The monoisotopic (exact) mass is 175 g/mol. The van der Waals surface area contributed by atoms with Crippen molar-refractivity contribution in [2.24, 2.45) is 0 Å². The molecule has 0 saturated carbocycles. The minimum absolute atomic E-state index is 0.693. The maximum atomic E-state index is 10.5. The summed E-state index contributed by atoms with van der Waals surface area (Å²) in [7, 11) is 0. The molecule has 0 aliphatic carbocycles. The van der Waals surface area contributed by atoms with Gasteiger partial charge in [0.25, 0.3) is 0 Å². The quantitative estimate of drug-likeness (QED) is 0.491. The number of hydrogen-bond acceptors (Lipinski definition) is 4. The molecule has 68 valence electrons. The number of carbonyl (C=O) groups is 2. The largest absolute Gasteiger partial charge is 0.480 e. The Morgan fingerprint density at radius 3 is 2.58 bits per heavy atom. The first-order valence-electron chi connectivity index (χ1n) is 3.03. The number of carbonyl (C=O) groups excluding carboxylic acids is 1. The maximum Gasteiger partial charge on any atom is 0.412 e. The summed E-state index contributed by atoms with van der Waals surface area (Å²) < 4.78 is 4.16. The molecule has 0 radical (unpaired) electrons. The molecule has 0 rings (SSSR count). The van der Waals surface area contributed by atoms with Crippen LogP contribution in [0.5, 0.6) is 0 Å². The van der Waals surface area contributed by atoms with Gasteiger partial charge in [-0.3, -0.25) is 0 Å². The Morgan fingerprint density at radius 2 is 2.25 bits per heavy atom. The fraction of sp³-hybridized carbons (Fsp3) is 0.333. The van der Waals surface area contributed by atoms with Gasteiger partial charge in [-0.2, -0.15) is 0 Å². The van der Waals surface area contributed by atoms with Crippen LogP contribution >= 0.6 is 0 Å². The molecule has 12 heavy (non-hydrogen) atoms. The molecule has 6 nitrogen and oxygen atoms in total. The van der Waals surface area contributed by atoms with Crippen LogP contribution in [0.1, 0.15) is 0 Å². The van der Waals surface area contributed by atoms with E-state index in [4.69, 9.17) is 10.2 Å². The molecule has 0 heterocycles. The van der Waals surface area contributed by atoms with Crippen LogP contribution in [0.25, 0.3) is 0 Å². The molecule has 3 N–H and O–H groups in total. The summed E-state index contributed by atoms with van der Waals surface area (Å²) in [5, 5.41) is 18.7. The van der Waals surface area contributed by atoms with Crippen LogP contribution < -0.4 is 5.32 Å². The highest BCUT2D eigenvalue weighted by Gasteiger charge is 2.18. The zero-order valence-corrected chi connectivity index (χ0v) is 6.19. The van der Waals surface area contributed by atoms with E-state index in [0.29, 0.717) is 0 Å². The molecular weight excluding hydrogens is 166 g/mol. The fourth-order valence-electron chi connectivity index (χ4n) is 0.437. The first kappa shape index (κ1) is 10.4. The van der Waals surface area contributed by atoms with E-state index in [1.54, 1.807) is 0 Å². The van der Waals surface area contributed by atoms with Crippen molar-refractivity contribution in [3.8, 4) is 0 Å². The van der Waals surface area contributed by atoms with Gasteiger partial charge in [0, 0.05) is 0 Å². The molecule has 0 aromatic heterocycles. The number of aliphatic carboxylic acids is 1. The second-order valence-electron chi connectivity index (χ2n) is 1.79. The summed E-state index contributed by atoms with van der Waals surface area (Å²) in [5.41, 5.74) is 0. The smallest absolute Gasteiger partial charge is 0.412 e. The lowest BCUT2D eigenvalue weighted by Crippen LogP contribution is -2.43. The Balaban J connectivity index is 3.93. The van der Waals surface area contributed by atoms with Crippen LogP contribution in [0.3, 0.4) is 0 Å². The predicted molar refractivity (Wildman–Crippen MR) is 38.3 cm³/mol. The minimum atomic E-state index is -1.35. The molecule has 0 fully saturated rings. The van der Waals surface area contributed by atoms with Gasteiger partial charge in [0.15, 0.2) is 6.04 Å². The Morgan fingerprint density at radius 1 is 1.67 bits per heavy atom. The third-order valence-electron chi connectivity index (χ3n) is 0.963. The number of hydrogen-bond donors (Lipinski definition) is 3. The van der Waals surface area contributed by atoms with Crippen LogP contribution in [0.4, 0.5) is 4.79 Å². The van der Waals surface area contributed by atoms with Crippen molar-refractivity contribution in [2.45, 2.75) is 6.04 Å². The fourth-order valence-corrected chi connectivity index (χ4v) is 0.437. The Kier molecular flexibility index (Phi) is 4.47. The third kappa shape index (κ3) is 3.57. The first-order chi connectivity index (χ1) is 5.61. The highest BCUT2D eigenvalue weighted by Crippen LogP contribution is 1.85. The van der Waals surface area contributed by atoms with Gasteiger partial charge >= 0.3 is 12.1 Å². The zero-order chi connectivity index (χ0) is 9.56. The van der Waals surface area contributed by atoms with Crippen LogP contribution in [-0.2, 0) is 9.53 Å². The maximum absolute atomic E-state index is 10.5. The molecule has 0 bridgehead atoms. The summed E-state index contributed by atoms with van der Waals surface area (Å²) >= 11 is 0. The van der Waals surface area contributed by atoms with Crippen molar-refractivity contribution in [2.75, 3.05) is 6.61 Å². The van der Waals surface area contributed by atoms with Crippen molar-refractivity contribution in [3.63, 3.8) is 0 Å². The Bertz CT molecular complexity index is 190. The van der Waals surface area contributed by atoms with Crippen LogP contribution in [0.2, 0.25) is 0 Å². The van der Waals surface area contributed by atoms with E-state index in [-0.39, 0.29) is 0 Å². The average molecular weight is 175 g/mol. The summed E-state index contributed by atoms with van der Waals surface area (Å²) in [5.74, 6) is -1.33. The van der Waals surface area contributed by atoms with Gasteiger partial charge in [-0.1, -0.05) is 6.58 Å². The van der Waals surface area contributed by atoms with Crippen molar-refractivity contribution in [3.05, 3.63) is 12.8 Å². The van der Waals surface area contributed by atoms with Crippen molar-refractivity contribution in [1.82, 2.24) is 5.32 Å². The van der Waals surface area contributed by atoms with Gasteiger partial charge in [0.05, 0.1) is 12.9 Å². The lowest BCUT2D eigenvalue weighted by molar-refractivity contribution is -0.140. The molecule has 1 atom stereocenters. The minimum Gasteiger partial charge on any atom is -0.480 e. The number of rotatable bonds is 4. The third-order valence-corrected chi connectivity index (χ3v) is 0.963. The van der Waals surface area contributed by atoms with E-state index in [1.165, 1.54) is 0 Å².